The zero-order chi connectivity index (χ0) is 20.0. The normalized spacial score (nSPS) is 38.1. The lowest BCUT2D eigenvalue weighted by Gasteiger charge is -2.40. The van der Waals surface area contributed by atoms with Crippen molar-refractivity contribution in [3.8, 4) is 0 Å². The van der Waals surface area contributed by atoms with Crippen molar-refractivity contribution in [2.75, 3.05) is 26.7 Å². The topological polar surface area (TPSA) is 98.4 Å². The van der Waals surface area contributed by atoms with Gasteiger partial charge in [-0.2, -0.15) is 0 Å². The van der Waals surface area contributed by atoms with Gasteiger partial charge < -0.3 is 34.5 Å². The molecular formula is C20H25N3O6. The molecule has 9 heteroatoms. The molecule has 2 amide bonds. The number of likely N-dealkylation sites (N-methyl/N-ethyl adjacent to an activating group) is 1. The largest absolute Gasteiger partial charge is 0.357 e. The molecule has 1 unspecified atom stereocenters. The van der Waals surface area contributed by atoms with Crippen LogP contribution >= 0.6 is 0 Å². The van der Waals surface area contributed by atoms with Gasteiger partial charge in [-0.3, -0.25) is 9.59 Å². The minimum Gasteiger partial charge on any atom is -0.357 e. The van der Waals surface area contributed by atoms with Crippen LogP contribution in [-0.4, -0.2) is 86.4 Å². The molecule has 4 heterocycles. The molecule has 156 valence electrons. The van der Waals surface area contributed by atoms with Crippen molar-refractivity contribution >= 4 is 11.8 Å². The number of morpholine rings is 2. The van der Waals surface area contributed by atoms with Crippen LogP contribution in [0.2, 0.25) is 0 Å². The predicted octanol–water partition coefficient (Wildman–Crippen LogP) is -0.991. The van der Waals surface area contributed by atoms with Crippen LogP contribution in [0.1, 0.15) is 5.56 Å². The first-order valence-electron chi connectivity index (χ1n) is 10.0. The highest BCUT2D eigenvalue weighted by Gasteiger charge is 2.54. The summed E-state index contributed by atoms with van der Waals surface area (Å²) in [6.07, 6.45) is -2.72. The summed E-state index contributed by atoms with van der Waals surface area (Å²) in [7, 11) is 1.56. The Bertz CT molecular complexity index is 777. The van der Waals surface area contributed by atoms with E-state index < -0.39 is 30.9 Å². The minimum absolute atomic E-state index is 0.137. The third-order valence-corrected chi connectivity index (χ3v) is 5.96. The maximum absolute atomic E-state index is 13.5. The summed E-state index contributed by atoms with van der Waals surface area (Å²) < 4.78 is 23.5. The fourth-order valence-corrected chi connectivity index (χ4v) is 4.52. The van der Waals surface area contributed by atoms with Gasteiger partial charge in [-0.15, -0.1) is 0 Å². The average molecular weight is 403 g/mol. The molecule has 4 fully saturated rings. The summed E-state index contributed by atoms with van der Waals surface area (Å²) in [4.78, 5) is 27.5. The Balaban J connectivity index is 1.41. The highest BCUT2D eigenvalue weighted by Crippen LogP contribution is 2.34. The summed E-state index contributed by atoms with van der Waals surface area (Å²) in [5.74, 6) is -0.382. The van der Waals surface area contributed by atoms with Gasteiger partial charge in [0.05, 0.1) is 12.6 Å². The minimum atomic E-state index is -0.734. The van der Waals surface area contributed by atoms with E-state index in [1.54, 1.807) is 11.9 Å². The van der Waals surface area contributed by atoms with E-state index >= 15 is 0 Å². The van der Waals surface area contributed by atoms with Gasteiger partial charge in [-0.25, -0.2) is 0 Å². The second-order valence-electron chi connectivity index (χ2n) is 7.78. The van der Waals surface area contributed by atoms with E-state index in [0.29, 0.717) is 19.5 Å². The molecule has 0 spiro atoms. The number of carbonyl (C=O) groups is 2. The third-order valence-electron chi connectivity index (χ3n) is 5.96. The second-order valence-corrected chi connectivity index (χ2v) is 7.78. The van der Waals surface area contributed by atoms with Gasteiger partial charge in [0.25, 0.3) is 11.8 Å². The first kappa shape index (κ1) is 19.0. The van der Waals surface area contributed by atoms with Gasteiger partial charge >= 0.3 is 0 Å². The summed E-state index contributed by atoms with van der Waals surface area (Å²) >= 11 is 0. The first-order valence-corrected chi connectivity index (χ1v) is 10.0. The number of fused-ring (bicyclic) bond motifs is 4. The van der Waals surface area contributed by atoms with Crippen molar-refractivity contribution in [1.29, 1.82) is 0 Å². The highest BCUT2D eigenvalue weighted by molar-refractivity contribution is 5.84. The Morgan fingerprint density at radius 3 is 2.66 bits per heavy atom. The fourth-order valence-electron chi connectivity index (χ4n) is 4.52. The molecule has 0 saturated carbocycles. The molecule has 1 aromatic carbocycles. The Morgan fingerprint density at radius 2 is 1.90 bits per heavy atom. The number of amides is 2. The van der Waals surface area contributed by atoms with E-state index in [1.807, 2.05) is 30.3 Å². The molecule has 4 saturated heterocycles. The van der Waals surface area contributed by atoms with Gasteiger partial charge in [-0.1, -0.05) is 30.3 Å². The molecule has 9 nitrogen and oxygen atoms in total. The van der Waals surface area contributed by atoms with Crippen molar-refractivity contribution in [1.82, 2.24) is 15.5 Å². The van der Waals surface area contributed by atoms with Crippen LogP contribution in [0, 0.1) is 0 Å². The van der Waals surface area contributed by atoms with Crippen molar-refractivity contribution in [2.24, 2.45) is 0 Å². The lowest BCUT2D eigenvalue weighted by Crippen LogP contribution is -2.59. The molecule has 0 radical (unpaired) electrons. The van der Waals surface area contributed by atoms with Crippen LogP contribution in [0.25, 0.3) is 0 Å². The molecule has 5 rings (SSSR count). The monoisotopic (exact) mass is 403 g/mol. The van der Waals surface area contributed by atoms with Gasteiger partial charge in [-0.05, 0) is 12.0 Å². The Morgan fingerprint density at radius 1 is 1.07 bits per heavy atom. The lowest BCUT2D eigenvalue weighted by molar-refractivity contribution is -0.175. The van der Waals surface area contributed by atoms with Gasteiger partial charge in [0.2, 0.25) is 0 Å². The van der Waals surface area contributed by atoms with Crippen LogP contribution in [-0.2, 0) is 35.0 Å². The zero-order valence-corrected chi connectivity index (χ0v) is 16.2. The van der Waals surface area contributed by atoms with E-state index in [4.69, 9.17) is 18.9 Å². The van der Waals surface area contributed by atoms with E-state index in [9.17, 15) is 9.59 Å². The number of rotatable bonds is 4. The van der Waals surface area contributed by atoms with E-state index in [1.165, 1.54) is 0 Å². The summed E-state index contributed by atoms with van der Waals surface area (Å²) in [6, 6.07) is 9.52. The average Bonchev–Trinajstić information content (AvgIpc) is 3.26. The van der Waals surface area contributed by atoms with E-state index in [2.05, 4.69) is 10.6 Å². The quantitative estimate of drug-likeness (QED) is 0.666. The van der Waals surface area contributed by atoms with Gasteiger partial charge in [0, 0.05) is 20.1 Å². The number of carbonyl (C=O) groups excluding carboxylic acids is 2. The van der Waals surface area contributed by atoms with Crippen molar-refractivity contribution in [3.63, 3.8) is 0 Å². The number of ether oxygens (including phenoxy) is 4. The molecule has 4 aliphatic heterocycles. The van der Waals surface area contributed by atoms with E-state index in [0.717, 1.165) is 5.56 Å². The van der Waals surface area contributed by atoms with Crippen molar-refractivity contribution in [2.45, 2.75) is 49.5 Å². The molecule has 4 aliphatic rings. The third kappa shape index (κ3) is 3.43. The van der Waals surface area contributed by atoms with Crippen LogP contribution < -0.4 is 10.6 Å². The molecular weight excluding hydrogens is 378 g/mol. The zero-order valence-electron chi connectivity index (χ0n) is 16.2. The van der Waals surface area contributed by atoms with Crippen LogP contribution in [0.15, 0.2) is 30.3 Å². The van der Waals surface area contributed by atoms with Crippen LogP contribution in [0.3, 0.4) is 0 Å². The summed E-state index contributed by atoms with van der Waals surface area (Å²) in [6.45, 7) is 1.42. The van der Waals surface area contributed by atoms with Crippen molar-refractivity contribution in [3.05, 3.63) is 35.9 Å². The smallest absolute Gasteiger partial charge is 0.255 e. The molecule has 7 atom stereocenters. The lowest BCUT2D eigenvalue weighted by atomic mass is 10.0. The van der Waals surface area contributed by atoms with E-state index in [-0.39, 0.29) is 30.5 Å². The Hall–Kier alpha value is -2.04. The maximum atomic E-state index is 13.5. The summed E-state index contributed by atoms with van der Waals surface area (Å²) in [5.41, 5.74) is 1.06. The Labute approximate surface area is 168 Å². The SMILES string of the molecule is CNC(=O)[C@@H]1O[C@H]2O[C@@H]1CN(C(=O)[C@@H]1O[C@@H]3CNC[C@H]1O3)C2Cc1ccccc1. The van der Waals surface area contributed by atoms with Crippen LogP contribution in [0.4, 0.5) is 0 Å². The number of benzene rings is 1. The molecule has 1 aromatic rings. The fraction of sp³-hybridized carbons (Fsp3) is 0.600. The van der Waals surface area contributed by atoms with Crippen molar-refractivity contribution < 1.29 is 28.5 Å². The second kappa shape index (κ2) is 7.66. The number of hydrogen-bond acceptors (Lipinski definition) is 7. The van der Waals surface area contributed by atoms with Gasteiger partial charge in [0.15, 0.2) is 24.8 Å². The predicted molar refractivity (Wildman–Crippen MR) is 99.7 cm³/mol. The number of nitrogens with zero attached hydrogens (tertiary/aromatic N) is 1. The number of hydrogen-bond donors (Lipinski definition) is 2. The molecule has 0 aliphatic carbocycles. The summed E-state index contributed by atoms with van der Waals surface area (Å²) in [5, 5.41) is 5.84. The molecule has 2 N–H and O–H groups in total. The van der Waals surface area contributed by atoms with Crippen LogP contribution in [0.5, 0.6) is 0 Å². The highest BCUT2D eigenvalue weighted by atomic mass is 16.7. The first-order chi connectivity index (χ1) is 14.1. The molecule has 4 bridgehead atoms. The standard InChI is InChI=1S/C20H25N3O6/c1-21-18(24)16-14-10-23(19(25)17-13-8-22-9-15(26-13)28-17)12(20(27-14)29-16)7-11-5-3-2-4-6-11/h2-6,12-17,20,22H,7-10H2,1H3,(H,21,24)/t12?,13-,14-,15-,16-,17-,20-/m1/s1. The number of nitrogens with one attached hydrogen (secondary N) is 2. The maximum Gasteiger partial charge on any atom is 0.255 e. The molecule has 29 heavy (non-hydrogen) atoms. The molecule has 0 aromatic heterocycles. The van der Waals surface area contributed by atoms with Gasteiger partial charge in [0.1, 0.15) is 12.2 Å². The Kier molecular flexibility index (Phi) is 5.00.